The molecular formula is C24H25N3O2. The number of carbonyl (C=O) groups excluding carboxylic acids is 1. The summed E-state index contributed by atoms with van der Waals surface area (Å²) in [6.45, 7) is 3.66. The largest absolute Gasteiger partial charge is 0.492 e. The fourth-order valence-electron chi connectivity index (χ4n) is 4.02. The number of fused-ring (bicyclic) bond motifs is 1. The highest BCUT2D eigenvalue weighted by Gasteiger charge is 2.46. The van der Waals surface area contributed by atoms with Crippen LogP contribution in [0.3, 0.4) is 0 Å². The van der Waals surface area contributed by atoms with Crippen LogP contribution < -0.4 is 15.4 Å². The van der Waals surface area contributed by atoms with Crippen LogP contribution in [0.4, 0.5) is 0 Å². The number of carbonyl (C=O) groups is 1. The van der Waals surface area contributed by atoms with Crippen LogP contribution >= 0.6 is 0 Å². The highest BCUT2D eigenvalue weighted by Crippen LogP contribution is 2.48. The first-order valence-corrected chi connectivity index (χ1v) is 10.3. The average molecular weight is 387 g/mol. The Morgan fingerprint density at radius 3 is 2.86 bits per heavy atom. The highest BCUT2D eigenvalue weighted by molar-refractivity contribution is 5.97. The van der Waals surface area contributed by atoms with E-state index in [1.165, 1.54) is 0 Å². The standard InChI is InChI=1S/C24H25N3O2/c1-16-7-8-18(29-15-17-9-13-25-17)14-20(16)23(28)27-24(10-11-24)21-5-2-6-22-19(21)4-3-12-26-22/h2-8,12,14,17,25H,9-11,13,15H2,1H3,(H,27,28)/t17-/m0/s1. The Hall–Kier alpha value is -2.92. The summed E-state index contributed by atoms with van der Waals surface area (Å²) >= 11 is 0. The van der Waals surface area contributed by atoms with Gasteiger partial charge in [0.1, 0.15) is 12.4 Å². The van der Waals surface area contributed by atoms with Crippen LogP contribution in [0.5, 0.6) is 5.75 Å². The van der Waals surface area contributed by atoms with Crippen molar-refractivity contribution in [3.05, 3.63) is 71.4 Å². The number of amides is 1. The topological polar surface area (TPSA) is 63.2 Å². The van der Waals surface area contributed by atoms with Gasteiger partial charge in [0.05, 0.1) is 11.1 Å². The third-order valence-electron chi connectivity index (χ3n) is 6.09. The summed E-state index contributed by atoms with van der Waals surface area (Å²) in [6, 6.07) is 16.4. The van der Waals surface area contributed by atoms with Gasteiger partial charge in [-0.2, -0.15) is 0 Å². The van der Waals surface area contributed by atoms with E-state index in [1.54, 1.807) is 6.20 Å². The summed E-state index contributed by atoms with van der Waals surface area (Å²) in [7, 11) is 0. The lowest BCUT2D eigenvalue weighted by molar-refractivity contribution is 0.0930. The van der Waals surface area contributed by atoms with E-state index in [0.29, 0.717) is 18.2 Å². The molecule has 0 unspecified atom stereocenters. The summed E-state index contributed by atoms with van der Waals surface area (Å²) in [6.07, 6.45) is 4.82. The smallest absolute Gasteiger partial charge is 0.252 e. The van der Waals surface area contributed by atoms with Crippen molar-refractivity contribution >= 4 is 16.8 Å². The zero-order valence-electron chi connectivity index (χ0n) is 16.6. The molecule has 2 N–H and O–H groups in total. The molecule has 2 aromatic carbocycles. The fraction of sp³-hybridized carbons (Fsp3) is 0.333. The van der Waals surface area contributed by atoms with Gasteiger partial charge in [-0.05, 0) is 68.1 Å². The molecule has 0 spiro atoms. The summed E-state index contributed by atoms with van der Waals surface area (Å²) in [5.74, 6) is 0.696. The molecule has 2 fully saturated rings. The van der Waals surface area contributed by atoms with Gasteiger partial charge in [-0.3, -0.25) is 9.78 Å². The second-order valence-electron chi connectivity index (χ2n) is 8.14. The van der Waals surface area contributed by atoms with Crippen LogP contribution in [0.15, 0.2) is 54.7 Å². The van der Waals surface area contributed by atoms with Crippen molar-refractivity contribution in [2.45, 2.75) is 37.8 Å². The Morgan fingerprint density at radius 2 is 2.10 bits per heavy atom. The molecule has 0 bridgehead atoms. The zero-order chi connectivity index (χ0) is 19.8. The summed E-state index contributed by atoms with van der Waals surface area (Å²) < 4.78 is 5.89. The van der Waals surface area contributed by atoms with Crippen LogP contribution in [-0.4, -0.2) is 30.1 Å². The lowest BCUT2D eigenvalue weighted by Gasteiger charge is -2.27. The molecule has 5 heteroatoms. The predicted octanol–water partition coefficient (Wildman–Crippen LogP) is 3.70. The van der Waals surface area contributed by atoms with Gasteiger partial charge in [0.25, 0.3) is 5.91 Å². The fourth-order valence-corrected chi connectivity index (χ4v) is 4.02. The molecule has 1 atom stereocenters. The zero-order valence-corrected chi connectivity index (χ0v) is 16.6. The summed E-state index contributed by atoms with van der Waals surface area (Å²) in [4.78, 5) is 17.7. The average Bonchev–Trinajstić information content (AvgIpc) is 3.48. The maximum atomic E-state index is 13.2. The van der Waals surface area contributed by atoms with Gasteiger partial charge in [-0.1, -0.05) is 24.3 Å². The van der Waals surface area contributed by atoms with Crippen LogP contribution in [0.25, 0.3) is 10.9 Å². The second-order valence-corrected chi connectivity index (χ2v) is 8.14. The van der Waals surface area contributed by atoms with Crippen molar-refractivity contribution < 1.29 is 9.53 Å². The Balaban J connectivity index is 1.38. The first-order valence-electron chi connectivity index (χ1n) is 10.3. The molecule has 148 valence electrons. The van der Waals surface area contributed by atoms with E-state index in [9.17, 15) is 4.79 Å². The van der Waals surface area contributed by atoms with E-state index in [-0.39, 0.29) is 11.4 Å². The lowest BCUT2D eigenvalue weighted by atomic mass is 9.98. The van der Waals surface area contributed by atoms with Crippen molar-refractivity contribution in [2.24, 2.45) is 0 Å². The molecule has 1 aliphatic carbocycles. The van der Waals surface area contributed by atoms with Gasteiger partial charge < -0.3 is 15.4 Å². The van der Waals surface area contributed by atoms with Crippen molar-refractivity contribution in [1.29, 1.82) is 0 Å². The number of pyridine rings is 1. The predicted molar refractivity (Wildman–Crippen MR) is 113 cm³/mol. The third kappa shape index (κ3) is 3.47. The normalized spacial score (nSPS) is 19.4. The maximum absolute atomic E-state index is 13.2. The van der Waals surface area contributed by atoms with E-state index in [1.807, 2.05) is 43.3 Å². The Morgan fingerprint density at radius 1 is 1.24 bits per heavy atom. The number of aromatic nitrogens is 1. The lowest BCUT2D eigenvalue weighted by Crippen LogP contribution is -2.46. The molecular weight excluding hydrogens is 362 g/mol. The van der Waals surface area contributed by atoms with Gasteiger partial charge in [0.2, 0.25) is 0 Å². The van der Waals surface area contributed by atoms with Crippen molar-refractivity contribution in [2.75, 3.05) is 13.2 Å². The Kier molecular flexibility index (Phi) is 4.47. The quantitative estimate of drug-likeness (QED) is 0.677. The van der Waals surface area contributed by atoms with Gasteiger partial charge in [-0.15, -0.1) is 0 Å². The summed E-state index contributed by atoms with van der Waals surface area (Å²) in [5, 5.41) is 7.75. The monoisotopic (exact) mass is 387 g/mol. The minimum absolute atomic E-state index is 0.0480. The first kappa shape index (κ1) is 18.1. The second kappa shape index (κ2) is 7.16. The van der Waals surface area contributed by atoms with Crippen LogP contribution in [-0.2, 0) is 5.54 Å². The molecule has 2 heterocycles. The number of rotatable bonds is 6. The molecule has 3 aromatic rings. The highest BCUT2D eigenvalue weighted by atomic mass is 16.5. The molecule has 5 nitrogen and oxygen atoms in total. The van der Waals surface area contributed by atoms with E-state index >= 15 is 0 Å². The number of nitrogens with one attached hydrogen (secondary N) is 2. The molecule has 1 amide bonds. The molecule has 29 heavy (non-hydrogen) atoms. The number of hydrogen-bond donors (Lipinski definition) is 2. The van der Waals surface area contributed by atoms with Gasteiger partial charge >= 0.3 is 0 Å². The molecule has 1 aliphatic heterocycles. The van der Waals surface area contributed by atoms with Crippen molar-refractivity contribution in [3.8, 4) is 5.75 Å². The molecule has 1 saturated carbocycles. The molecule has 1 saturated heterocycles. The number of hydrogen-bond acceptors (Lipinski definition) is 4. The van der Waals surface area contributed by atoms with Crippen LogP contribution in [0.2, 0.25) is 0 Å². The SMILES string of the molecule is Cc1ccc(OC[C@@H]2CCN2)cc1C(=O)NC1(c2cccc3ncccc23)CC1. The van der Waals surface area contributed by atoms with Crippen LogP contribution in [0, 0.1) is 6.92 Å². The van der Waals surface area contributed by atoms with Crippen molar-refractivity contribution in [1.82, 2.24) is 15.6 Å². The van der Waals surface area contributed by atoms with Gasteiger partial charge in [0.15, 0.2) is 0 Å². The van der Waals surface area contributed by atoms with Gasteiger partial charge in [0, 0.05) is 23.2 Å². The minimum atomic E-state index is -0.307. The summed E-state index contributed by atoms with van der Waals surface area (Å²) in [5.41, 5.74) is 3.43. The van der Waals surface area contributed by atoms with E-state index < -0.39 is 0 Å². The maximum Gasteiger partial charge on any atom is 0.252 e. The minimum Gasteiger partial charge on any atom is -0.492 e. The number of nitrogens with zero attached hydrogens (tertiary/aromatic N) is 1. The van der Waals surface area contributed by atoms with E-state index in [2.05, 4.69) is 27.8 Å². The third-order valence-corrected chi connectivity index (χ3v) is 6.09. The Bertz CT molecular complexity index is 1070. The molecule has 0 radical (unpaired) electrons. The molecule has 2 aliphatic rings. The van der Waals surface area contributed by atoms with E-state index in [0.717, 1.165) is 53.6 Å². The van der Waals surface area contributed by atoms with E-state index in [4.69, 9.17) is 4.74 Å². The molecule has 1 aromatic heterocycles. The first-order chi connectivity index (χ1) is 14.1. The number of aryl methyl sites for hydroxylation is 1. The van der Waals surface area contributed by atoms with Crippen molar-refractivity contribution in [3.63, 3.8) is 0 Å². The Labute approximate surface area is 170 Å². The van der Waals surface area contributed by atoms with Gasteiger partial charge in [-0.25, -0.2) is 0 Å². The number of benzene rings is 2. The number of ether oxygens (including phenoxy) is 1. The van der Waals surface area contributed by atoms with Crippen LogP contribution in [0.1, 0.15) is 40.7 Å². The molecule has 5 rings (SSSR count).